The Hall–Kier alpha value is -1.49. The van der Waals surface area contributed by atoms with Gasteiger partial charge in [-0.25, -0.2) is 8.78 Å². The molecule has 1 rings (SSSR count). The summed E-state index contributed by atoms with van der Waals surface area (Å²) in [6.45, 7) is 3.59. The topological polar surface area (TPSA) is 49.3 Å². The molecule has 18 heavy (non-hydrogen) atoms. The lowest BCUT2D eigenvalue weighted by molar-refractivity contribution is 0.0313. The maximum absolute atomic E-state index is 13.3. The van der Waals surface area contributed by atoms with Gasteiger partial charge in [-0.05, 0) is 25.0 Å². The van der Waals surface area contributed by atoms with Gasteiger partial charge in [0.2, 0.25) is 0 Å². The van der Waals surface area contributed by atoms with Gasteiger partial charge in [-0.2, -0.15) is 0 Å². The Balaban J connectivity index is 2.75. The highest BCUT2D eigenvalue weighted by Crippen LogP contribution is 2.14. The number of carbonyl (C=O) groups is 1. The van der Waals surface area contributed by atoms with Crippen LogP contribution in [0.2, 0.25) is 0 Å². The van der Waals surface area contributed by atoms with Gasteiger partial charge in [0.15, 0.2) is 11.6 Å². The number of amides is 1. The van der Waals surface area contributed by atoms with Crippen molar-refractivity contribution in [3.05, 3.63) is 35.4 Å². The highest BCUT2D eigenvalue weighted by Gasteiger charge is 2.24. The summed E-state index contributed by atoms with van der Waals surface area (Å²) in [5, 5.41) is 12.4. The third-order valence-corrected chi connectivity index (χ3v) is 3.09. The van der Waals surface area contributed by atoms with E-state index in [1.165, 1.54) is 12.1 Å². The van der Waals surface area contributed by atoms with Crippen LogP contribution in [-0.4, -0.2) is 23.2 Å². The highest BCUT2D eigenvalue weighted by atomic mass is 19.2. The van der Waals surface area contributed by atoms with Crippen LogP contribution in [0, 0.1) is 11.6 Å². The standard InChI is InChI=1S/C13H17F2NO2/c1-3-13(18,4-2)8-16-12(17)9-6-5-7-10(14)11(9)15/h5-7,18H,3-4,8H2,1-2H3,(H,16,17). The predicted octanol–water partition coefficient (Wildman–Crippen LogP) is 2.25. The minimum Gasteiger partial charge on any atom is -0.388 e. The summed E-state index contributed by atoms with van der Waals surface area (Å²) in [6.07, 6.45) is 0.935. The van der Waals surface area contributed by atoms with Crippen LogP contribution in [0.5, 0.6) is 0 Å². The van der Waals surface area contributed by atoms with E-state index in [-0.39, 0.29) is 12.1 Å². The summed E-state index contributed by atoms with van der Waals surface area (Å²) in [6, 6.07) is 3.41. The molecule has 0 aliphatic rings. The number of nitrogens with one attached hydrogen (secondary N) is 1. The number of carbonyl (C=O) groups excluding carboxylic acids is 1. The summed E-state index contributed by atoms with van der Waals surface area (Å²) in [4.78, 5) is 11.7. The lowest BCUT2D eigenvalue weighted by Crippen LogP contribution is -2.42. The van der Waals surface area contributed by atoms with Crippen molar-refractivity contribution in [1.29, 1.82) is 0 Å². The Morgan fingerprint density at radius 2 is 1.94 bits per heavy atom. The quantitative estimate of drug-likeness (QED) is 0.850. The first-order valence-electron chi connectivity index (χ1n) is 5.88. The molecular weight excluding hydrogens is 240 g/mol. The second-order valence-corrected chi connectivity index (χ2v) is 4.22. The smallest absolute Gasteiger partial charge is 0.254 e. The van der Waals surface area contributed by atoms with Crippen molar-refractivity contribution in [2.75, 3.05) is 6.54 Å². The van der Waals surface area contributed by atoms with Gasteiger partial charge in [0, 0.05) is 6.54 Å². The first kappa shape index (κ1) is 14.6. The zero-order chi connectivity index (χ0) is 13.8. The van der Waals surface area contributed by atoms with E-state index in [1.807, 2.05) is 0 Å². The predicted molar refractivity (Wildman–Crippen MR) is 64.2 cm³/mol. The fourth-order valence-corrected chi connectivity index (χ4v) is 1.52. The normalized spacial score (nSPS) is 11.4. The molecule has 1 aromatic carbocycles. The second-order valence-electron chi connectivity index (χ2n) is 4.22. The first-order chi connectivity index (χ1) is 8.43. The Bertz CT molecular complexity index is 431. The largest absolute Gasteiger partial charge is 0.388 e. The van der Waals surface area contributed by atoms with Crippen LogP contribution >= 0.6 is 0 Å². The maximum atomic E-state index is 13.3. The first-order valence-corrected chi connectivity index (χ1v) is 5.88. The SMILES string of the molecule is CCC(O)(CC)CNC(=O)c1cccc(F)c1F. The fraction of sp³-hybridized carbons (Fsp3) is 0.462. The summed E-state index contributed by atoms with van der Waals surface area (Å²) in [5.74, 6) is -2.97. The highest BCUT2D eigenvalue weighted by molar-refractivity contribution is 5.94. The van der Waals surface area contributed by atoms with Crippen molar-refractivity contribution in [1.82, 2.24) is 5.32 Å². The molecule has 0 aliphatic carbocycles. The molecule has 1 amide bonds. The van der Waals surface area contributed by atoms with E-state index < -0.39 is 23.1 Å². The second kappa shape index (κ2) is 5.91. The number of aliphatic hydroxyl groups is 1. The lowest BCUT2D eigenvalue weighted by atomic mass is 9.97. The van der Waals surface area contributed by atoms with Crippen molar-refractivity contribution in [2.45, 2.75) is 32.3 Å². The average Bonchev–Trinajstić information content (AvgIpc) is 2.39. The van der Waals surface area contributed by atoms with Gasteiger partial charge in [-0.15, -0.1) is 0 Å². The van der Waals surface area contributed by atoms with Gasteiger partial charge >= 0.3 is 0 Å². The molecular formula is C13H17F2NO2. The van der Waals surface area contributed by atoms with Crippen molar-refractivity contribution in [3.8, 4) is 0 Å². The van der Waals surface area contributed by atoms with Gasteiger partial charge in [0.1, 0.15) is 0 Å². The summed E-state index contributed by atoms with van der Waals surface area (Å²) >= 11 is 0. The molecule has 0 fully saturated rings. The van der Waals surface area contributed by atoms with Gasteiger partial charge < -0.3 is 10.4 Å². The van der Waals surface area contributed by atoms with Crippen molar-refractivity contribution in [2.24, 2.45) is 0 Å². The number of hydrogen-bond acceptors (Lipinski definition) is 2. The molecule has 2 N–H and O–H groups in total. The molecule has 0 unspecified atom stereocenters. The van der Waals surface area contributed by atoms with E-state index in [1.54, 1.807) is 13.8 Å². The van der Waals surface area contributed by atoms with E-state index in [0.717, 1.165) is 6.07 Å². The molecule has 0 aliphatic heterocycles. The number of benzene rings is 1. The van der Waals surface area contributed by atoms with Crippen LogP contribution in [-0.2, 0) is 0 Å². The molecule has 0 aromatic heterocycles. The molecule has 0 atom stereocenters. The average molecular weight is 257 g/mol. The lowest BCUT2D eigenvalue weighted by Gasteiger charge is -2.25. The third kappa shape index (κ3) is 3.26. The van der Waals surface area contributed by atoms with Crippen LogP contribution in [0.3, 0.4) is 0 Å². The summed E-state index contributed by atoms with van der Waals surface area (Å²) in [5.41, 5.74) is -1.37. The molecule has 1 aromatic rings. The molecule has 0 spiro atoms. The van der Waals surface area contributed by atoms with E-state index in [0.29, 0.717) is 12.8 Å². The van der Waals surface area contributed by atoms with Gasteiger partial charge in [-0.1, -0.05) is 19.9 Å². The molecule has 0 radical (unpaired) electrons. The zero-order valence-corrected chi connectivity index (χ0v) is 10.5. The van der Waals surface area contributed by atoms with E-state index >= 15 is 0 Å². The maximum Gasteiger partial charge on any atom is 0.254 e. The Kier molecular flexibility index (Phi) is 4.78. The Morgan fingerprint density at radius 3 is 2.50 bits per heavy atom. The van der Waals surface area contributed by atoms with Crippen molar-refractivity contribution in [3.63, 3.8) is 0 Å². The van der Waals surface area contributed by atoms with Crippen LogP contribution in [0.25, 0.3) is 0 Å². The summed E-state index contributed by atoms with van der Waals surface area (Å²) in [7, 11) is 0. The van der Waals surface area contributed by atoms with E-state index in [4.69, 9.17) is 0 Å². The van der Waals surface area contributed by atoms with Crippen molar-refractivity contribution < 1.29 is 18.7 Å². The molecule has 100 valence electrons. The van der Waals surface area contributed by atoms with Gasteiger partial charge in [0.25, 0.3) is 5.91 Å². The Labute approximate surface area is 105 Å². The Morgan fingerprint density at radius 1 is 1.33 bits per heavy atom. The number of halogens is 2. The molecule has 0 saturated heterocycles. The molecule has 0 heterocycles. The van der Waals surface area contributed by atoms with Crippen molar-refractivity contribution >= 4 is 5.91 Å². The van der Waals surface area contributed by atoms with Crippen LogP contribution in [0.4, 0.5) is 8.78 Å². The number of hydrogen-bond donors (Lipinski definition) is 2. The molecule has 5 heteroatoms. The molecule has 3 nitrogen and oxygen atoms in total. The molecule has 0 bridgehead atoms. The van der Waals surface area contributed by atoms with E-state index in [2.05, 4.69) is 5.32 Å². The third-order valence-electron chi connectivity index (χ3n) is 3.09. The molecule has 0 saturated carbocycles. The zero-order valence-electron chi connectivity index (χ0n) is 10.5. The van der Waals surface area contributed by atoms with Crippen LogP contribution < -0.4 is 5.32 Å². The minimum absolute atomic E-state index is 0.00872. The minimum atomic E-state index is -1.17. The number of rotatable bonds is 5. The monoisotopic (exact) mass is 257 g/mol. The summed E-state index contributed by atoms with van der Waals surface area (Å²) < 4.78 is 26.3. The van der Waals surface area contributed by atoms with Gasteiger partial charge in [-0.3, -0.25) is 4.79 Å². The van der Waals surface area contributed by atoms with Crippen LogP contribution in [0.15, 0.2) is 18.2 Å². The van der Waals surface area contributed by atoms with Crippen LogP contribution in [0.1, 0.15) is 37.0 Å². The fourth-order valence-electron chi connectivity index (χ4n) is 1.52. The van der Waals surface area contributed by atoms with Gasteiger partial charge in [0.05, 0.1) is 11.2 Å². The van der Waals surface area contributed by atoms with E-state index in [9.17, 15) is 18.7 Å².